The van der Waals surface area contributed by atoms with Gasteiger partial charge in [0.15, 0.2) is 0 Å². The van der Waals surface area contributed by atoms with Crippen LogP contribution in [0.4, 0.5) is 5.82 Å². The van der Waals surface area contributed by atoms with Crippen molar-refractivity contribution in [2.45, 2.75) is 37.1 Å². The van der Waals surface area contributed by atoms with E-state index in [1.54, 1.807) is 6.07 Å². The molecule has 2 aliphatic rings. The molecule has 3 aromatic rings. The van der Waals surface area contributed by atoms with Gasteiger partial charge in [-0.3, -0.25) is 8.98 Å². The molecule has 0 saturated heterocycles. The SMILES string of the molecule is NS(=O)(=O)OC[C@H]1C[C@@H](Nc2ncncc2C(=O)c2cc(C3NCCc4ccccc43)c(Cl)s2)[C@H](O)[C@@H]1O. The maximum atomic E-state index is 13.6. The molecule has 202 valence electrons. The minimum absolute atomic E-state index is 0.138. The zero-order chi connectivity index (χ0) is 27.0. The van der Waals surface area contributed by atoms with Crippen LogP contribution >= 0.6 is 22.9 Å². The number of halogens is 1. The Hall–Kier alpha value is -2.49. The van der Waals surface area contributed by atoms with Crippen molar-refractivity contribution >= 4 is 44.8 Å². The maximum Gasteiger partial charge on any atom is 0.333 e. The topological polar surface area (TPSA) is 177 Å². The second kappa shape index (κ2) is 10.9. The van der Waals surface area contributed by atoms with Crippen LogP contribution in [0.2, 0.25) is 4.34 Å². The molecule has 1 aliphatic heterocycles. The number of aliphatic hydroxyl groups is 2. The van der Waals surface area contributed by atoms with Crippen molar-refractivity contribution in [2.75, 3.05) is 18.5 Å². The second-order valence-electron chi connectivity index (χ2n) is 9.29. The van der Waals surface area contributed by atoms with Crippen molar-refractivity contribution < 1.29 is 27.6 Å². The van der Waals surface area contributed by atoms with E-state index in [9.17, 15) is 23.4 Å². The van der Waals surface area contributed by atoms with Crippen molar-refractivity contribution in [2.24, 2.45) is 11.1 Å². The molecule has 1 fully saturated rings. The number of nitrogens with one attached hydrogen (secondary N) is 2. The van der Waals surface area contributed by atoms with Crippen LogP contribution in [-0.2, 0) is 20.9 Å². The molecule has 2 aromatic heterocycles. The van der Waals surface area contributed by atoms with Gasteiger partial charge in [0, 0.05) is 24.2 Å². The molecule has 5 rings (SSSR count). The van der Waals surface area contributed by atoms with Gasteiger partial charge in [0.2, 0.25) is 5.78 Å². The Morgan fingerprint density at radius 2 is 2.05 bits per heavy atom. The number of aliphatic hydroxyl groups excluding tert-OH is 2. The van der Waals surface area contributed by atoms with Crippen LogP contribution in [0.25, 0.3) is 0 Å². The molecule has 5 atom stereocenters. The van der Waals surface area contributed by atoms with Gasteiger partial charge in [-0.2, -0.15) is 8.42 Å². The van der Waals surface area contributed by atoms with E-state index in [2.05, 4.69) is 36.9 Å². The van der Waals surface area contributed by atoms with Gasteiger partial charge in [-0.25, -0.2) is 15.1 Å². The minimum atomic E-state index is -4.20. The summed E-state index contributed by atoms with van der Waals surface area (Å²) in [4.78, 5) is 22.1. The number of hydrogen-bond donors (Lipinski definition) is 5. The predicted molar refractivity (Wildman–Crippen MR) is 141 cm³/mol. The fourth-order valence-electron chi connectivity index (χ4n) is 5.01. The quantitative estimate of drug-likeness (QED) is 0.245. The van der Waals surface area contributed by atoms with Gasteiger partial charge in [0.1, 0.15) is 18.2 Å². The number of rotatable bonds is 8. The molecular weight excluding hydrogens is 554 g/mol. The van der Waals surface area contributed by atoms with Crippen LogP contribution in [0.3, 0.4) is 0 Å². The van der Waals surface area contributed by atoms with Crippen LogP contribution in [0.1, 0.15) is 44.4 Å². The molecule has 0 bridgehead atoms. The van der Waals surface area contributed by atoms with Gasteiger partial charge in [-0.05, 0) is 30.0 Å². The highest BCUT2D eigenvalue weighted by atomic mass is 35.5. The summed E-state index contributed by atoms with van der Waals surface area (Å²) in [6.07, 6.45) is 1.17. The minimum Gasteiger partial charge on any atom is -0.390 e. The van der Waals surface area contributed by atoms with Gasteiger partial charge in [-0.15, -0.1) is 11.3 Å². The van der Waals surface area contributed by atoms with E-state index in [4.69, 9.17) is 16.7 Å². The van der Waals surface area contributed by atoms with Crippen LogP contribution in [0.15, 0.2) is 42.9 Å². The molecule has 0 amide bonds. The Morgan fingerprint density at radius 3 is 2.84 bits per heavy atom. The molecule has 1 saturated carbocycles. The third-order valence-electron chi connectivity index (χ3n) is 6.88. The summed E-state index contributed by atoms with van der Waals surface area (Å²) in [6.45, 7) is 0.399. The molecule has 11 nitrogen and oxygen atoms in total. The van der Waals surface area contributed by atoms with Gasteiger partial charge >= 0.3 is 10.3 Å². The highest BCUT2D eigenvalue weighted by Gasteiger charge is 2.42. The Morgan fingerprint density at radius 1 is 1.26 bits per heavy atom. The summed E-state index contributed by atoms with van der Waals surface area (Å²) in [5, 5.41) is 32.2. The van der Waals surface area contributed by atoms with Gasteiger partial charge in [0.05, 0.1) is 39.6 Å². The average Bonchev–Trinajstić information content (AvgIpc) is 3.41. The number of benzene rings is 1. The molecule has 1 aromatic carbocycles. The average molecular weight is 580 g/mol. The number of fused-ring (bicyclic) bond motifs is 1. The lowest BCUT2D eigenvalue weighted by Gasteiger charge is -2.26. The van der Waals surface area contributed by atoms with Gasteiger partial charge < -0.3 is 20.8 Å². The first kappa shape index (κ1) is 27.1. The first-order valence-electron chi connectivity index (χ1n) is 11.9. The lowest BCUT2D eigenvalue weighted by atomic mass is 9.91. The van der Waals surface area contributed by atoms with E-state index in [-0.39, 0.29) is 36.2 Å². The third-order valence-corrected chi connectivity index (χ3v) is 8.74. The van der Waals surface area contributed by atoms with Gasteiger partial charge in [-0.1, -0.05) is 35.9 Å². The van der Waals surface area contributed by atoms with Crippen LogP contribution in [0.5, 0.6) is 0 Å². The van der Waals surface area contributed by atoms with Crippen molar-refractivity contribution in [1.29, 1.82) is 0 Å². The number of nitrogens with zero attached hydrogens (tertiary/aromatic N) is 2. The molecule has 3 heterocycles. The summed E-state index contributed by atoms with van der Waals surface area (Å²) in [5.41, 5.74) is 3.34. The molecular formula is C24H26ClN5O6S2. The summed E-state index contributed by atoms with van der Waals surface area (Å²) >= 11 is 7.79. The maximum absolute atomic E-state index is 13.6. The number of carbonyl (C=O) groups excluding carboxylic acids is 1. The number of carbonyl (C=O) groups is 1. The van der Waals surface area contributed by atoms with Crippen molar-refractivity contribution in [3.63, 3.8) is 0 Å². The van der Waals surface area contributed by atoms with E-state index in [0.717, 1.165) is 24.1 Å². The van der Waals surface area contributed by atoms with Crippen LogP contribution in [-0.4, -0.2) is 65.8 Å². The van der Waals surface area contributed by atoms with Crippen LogP contribution < -0.4 is 15.8 Å². The van der Waals surface area contributed by atoms with Gasteiger partial charge in [0.25, 0.3) is 0 Å². The Bertz CT molecular complexity index is 1450. The standard InChI is InChI=1S/C24H26ClN5O6S2/c25-23-15(19-14-4-2-1-3-12(14)5-6-28-19)8-18(37-23)21(32)16-9-27-11-29-24(16)30-17-7-13(20(31)22(17)33)10-36-38(26,34)35/h1-4,8-9,11,13,17,19-20,22,28,31,33H,5-7,10H2,(H2,26,34,35)(H,27,29,30)/t13-,17-,19?,20-,22+/m1/s1. The molecule has 38 heavy (non-hydrogen) atoms. The number of hydrogen-bond acceptors (Lipinski definition) is 11. The van der Waals surface area contributed by atoms with E-state index in [1.807, 2.05) is 12.1 Å². The van der Waals surface area contributed by atoms with E-state index >= 15 is 0 Å². The summed E-state index contributed by atoms with van der Waals surface area (Å²) in [6, 6.07) is 9.04. The second-order valence-corrected chi connectivity index (χ2v) is 12.2. The first-order chi connectivity index (χ1) is 18.1. The summed E-state index contributed by atoms with van der Waals surface area (Å²) < 4.78 is 27.3. The number of ketones is 1. The number of anilines is 1. The molecule has 1 unspecified atom stereocenters. The normalized spacial score (nSPS) is 25.2. The molecule has 0 radical (unpaired) electrons. The Kier molecular flexibility index (Phi) is 7.80. The van der Waals surface area contributed by atoms with E-state index in [1.165, 1.54) is 29.4 Å². The monoisotopic (exact) mass is 579 g/mol. The zero-order valence-corrected chi connectivity index (χ0v) is 22.3. The zero-order valence-electron chi connectivity index (χ0n) is 20.0. The predicted octanol–water partition coefficient (Wildman–Crippen LogP) is 1.40. The lowest BCUT2D eigenvalue weighted by Crippen LogP contribution is -2.36. The molecule has 0 spiro atoms. The fourth-order valence-corrected chi connectivity index (χ4v) is 6.66. The number of aromatic nitrogens is 2. The van der Waals surface area contributed by atoms with Crippen molar-refractivity contribution in [3.8, 4) is 0 Å². The largest absolute Gasteiger partial charge is 0.390 e. The Labute approximate surface area is 228 Å². The number of thiophene rings is 1. The molecule has 6 N–H and O–H groups in total. The van der Waals surface area contributed by atoms with Crippen molar-refractivity contribution in [3.05, 3.63) is 74.3 Å². The first-order valence-corrected chi connectivity index (χ1v) is 14.5. The fraction of sp³-hybridized carbons (Fsp3) is 0.375. The Balaban J connectivity index is 1.36. The summed E-state index contributed by atoms with van der Waals surface area (Å²) in [5.74, 6) is -0.884. The third kappa shape index (κ3) is 5.60. The lowest BCUT2D eigenvalue weighted by molar-refractivity contribution is 0.00778. The highest BCUT2D eigenvalue weighted by molar-refractivity contribution is 7.84. The molecule has 1 aliphatic carbocycles. The molecule has 14 heteroatoms. The highest BCUT2D eigenvalue weighted by Crippen LogP contribution is 2.39. The van der Waals surface area contributed by atoms with E-state index in [0.29, 0.717) is 9.21 Å². The summed E-state index contributed by atoms with van der Waals surface area (Å²) in [7, 11) is -4.20. The van der Waals surface area contributed by atoms with E-state index < -0.39 is 34.5 Å². The smallest absolute Gasteiger partial charge is 0.333 e. The van der Waals surface area contributed by atoms with Crippen LogP contribution in [0, 0.1) is 5.92 Å². The van der Waals surface area contributed by atoms with Crippen molar-refractivity contribution in [1.82, 2.24) is 15.3 Å². The number of nitrogens with two attached hydrogens (primary N) is 1.